The molecule has 1 unspecified atom stereocenters. The Kier molecular flexibility index (Phi) is 5.44. The van der Waals surface area contributed by atoms with Crippen LogP contribution in [0.4, 0.5) is 0 Å². The van der Waals surface area contributed by atoms with E-state index in [1.165, 1.54) is 24.0 Å². The first-order chi connectivity index (χ1) is 15.3. The van der Waals surface area contributed by atoms with Crippen LogP contribution in [0.2, 0.25) is 0 Å². The van der Waals surface area contributed by atoms with Crippen LogP contribution in [0.1, 0.15) is 42.5 Å². The van der Waals surface area contributed by atoms with Crippen molar-refractivity contribution in [3.63, 3.8) is 0 Å². The van der Waals surface area contributed by atoms with Gasteiger partial charge in [-0.05, 0) is 71.5 Å². The van der Waals surface area contributed by atoms with Gasteiger partial charge in [-0.15, -0.1) is 5.10 Å². The van der Waals surface area contributed by atoms with Crippen LogP contribution in [0, 0.1) is 5.92 Å². The highest BCUT2D eigenvalue weighted by molar-refractivity contribution is 5.56. The summed E-state index contributed by atoms with van der Waals surface area (Å²) in [5.74, 6) is 2.78. The molecule has 2 aromatic heterocycles. The largest absolute Gasteiger partial charge is 0.487 e. The molecule has 0 amide bonds. The molecular formula is C25H25N5O. The van der Waals surface area contributed by atoms with Gasteiger partial charge in [-0.25, -0.2) is 4.68 Å². The SMILES string of the molecule is CCn1nnnc1-c1ccc(C(c2ccc(OCc3ccccn3)cc2)C2CC2)cc1. The standard InChI is InChI=1S/C25H25N5O/c1-2-30-25(27-28-29-30)21-10-8-19(9-11-21)24(18-6-7-18)20-12-14-23(15-13-20)31-17-22-5-3-4-16-26-22/h3-5,8-16,18,24H,2,6-7,17H2,1H3. The first-order valence-electron chi connectivity index (χ1n) is 10.8. The summed E-state index contributed by atoms with van der Waals surface area (Å²) in [6.45, 7) is 3.27. The lowest BCUT2D eigenvalue weighted by Crippen LogP contribution is -2.04. The van der Waals surface area contributed by atoms with Crippen LogP contribution >= 0.6 is 0 Å². The quantitative estimate of drug-likeness (QED) is 0.414. The van der Waals surface area contributed by atoms with Crippen molar-refractivity contribution < 1.29 is 4.74 Å². The lowest BCUT2D eigenvalue weighted by atomic mass is 9.87. The average Bonchev–Trinajstić information content (AvgIpc) is 3.54. The van der Waals surface area contributed by atoms with Crippen molar-refractivity contribution in [3.05, 3.63) is 89.7 Å². The third kappa shape index (κ3) is 4.33. The second-order valence-electron chi connectivity index (χ2n) is 7.93. The Bertz CT molecular complexity index is 1120. The Balaban J connectivity index is 1.33. The van der Waals surface area contributed by atoms with Gasteiger partial charge in [-0.3, -0.25) is 4.98 Å². The van der Waals surface area contributed by atoms with Gasteiger partial charge in [0.05, 0.1) is 5.69 Å². The van der Waals surface area contributed by atoms with E-state index in [1.54, 1.807) is 6.20 Å². The fraction of sp³-hybridized carbons (Fsp3) is 0.280. The molecule has 1 atom stereocenters. The number of tetrazole rings is 1. The van der Waals surface area contributed by atoms with Gasteiger partial charge >= 0.3 is 0 Å². The van der Waals surface area contributed by atoms with Crippen molar-refractivity contribution in [3.8, 4) is 17.1 Å². The predicted octanol–water partition coefficient (Wildman–Crippen LogP) is 4.88. The molecule has 31 heavy (non-hydrogen) atoms. The maximum Gasteiger partial charge on any atom is 0.181 e. The Morgan fingerprint density at radius 1 is 0.968 bits per heavy atom. The van der Waals surface area contributed by atoms with Crippen molar-refractivity contribution in [2.24, 2.45) is 5.92 Å². The van der Waals surface area contributed by atoms with Crippen LogP contribution in [0.3, 0.4) is 0 Å². The first kappa shape index (κ1) is 19.4. The summed E-state index contributed by atoms with van der Waals surface area (Å²) in [7, 11) is 0. The maximum atomic E-state index is 5.90. The zero-order valence-electron chi connectivity index (χ0n) is 17.6. The maximum absolute atomic E-state index is 5.90. The van der Waals surface area contributed by atoms with Crippen molar-refractivity contribution >= 4 is 0 Å². The van der Waals surface area contributed by atoms with E-state index >= 15 is 0 Å². The third-order valence-electron chi connectivity index (χ3n) is 5.80. The Labute approximate surface area is 181 Å². The molecule has 0 bridgehead atoms. The monoisotopic (exact) mass is 411 g/mol. The van der Waals surface area contributed by atoms with E-state index in [-0.39, 0.29) is 0 Å². The first-order valence-corrected chi connectivity index (χ1v) is 10.8. The molecular weight excluding hydrogens is 386 g/mol. The van der Waals surface area contributed by atoms with E-state index in [9.17, 15) is 0 Å². The van der Waals surface area contributed by atoms with Gasteiger partial charge in [-0.2, -0.15) is 0 Å². The van der Waals surface area contributed by atoms with Crippen LogP contribution in [0.15, 0.2) is 72.9 Å². The highest BCUT2D eigenvalue weighted by atomic mass is 16.5. The molecule has 5 rings (SSSR count). The summed E-state index contributed by atoms with van der Waals surface area (Å²) in [5, 5.41) is 12.0. The predicted molar refractivity (Wildman–Crippen MR) is 119 cm³/mol. The molecule has 0 radical (unpaired) electrons. The summed E-state index contributed by atoms with van der Waals surface area (Å²) in [6, 6.07) is 23.1. The fourth-order valence-electron chi connectivity index (χ4n) is 4.04. The van der Waals surface area contributed by atoms with E-state index in [2.05, 4.69) is 69.0 Å². The number of rotatable bonds is 8. The van der Waals surface area contributed by atoms with E-state index in [4.69, 9.17) is 4.74 Å². The van der Waals surface area contributed by atoms with Gasteiger partial charge in [0, 0.05) is 24.2 Å². The van der Waals surface area contributed by atoms with Gasteiger partial charge in [0.2, 0.25) is 0 Å². The lowest BCUT2D eigenvalue weighted by molar-refractivity contribution is 0.301. The highest BCUT2D eigenvalue weighted by Crippen LogP contribution is 2.46. The smallest absolute Gasteiger partial charge is 0.181 e. The molecule has 0 N–H and O–H groups in total. The Morgan fingerprint density at radius 3 is 2.35 bits per heavy atom. The molecule has 6 heteroatoms. The van der Waals surface area contributed by atoms with E-state index in [1.807, 2.05) is 29.8 Å². The summed E-state index contributed by atoms with van der Waals surface area (Å²) < 4.78 is 7.72. The van der Waals surface area contributed by atoms with E-state index in [0.29, 0.717) is 18.4 Å². The number of pyridine rings is 1. The van der Waals surface area contributed by atoms with Gasteiger partial charge in [0.15, 0.2) is 5.82 Å². The Morgan fingerprint density at radius 2 is 1.71 bits per heavy atom. The zero-order valence-corrected chi connectivity index (χ0v) is 17.6. The summed E-state index contributed by atoms with van der Waals surface area (Å²) >= 11 is 0. The van der Waals surface area contributed by atoms with Crippen LogP contribution < -0.4 is 4.74 Å². The molecule has 2 aromatic carbocycles. The number of hydrogen-bond donors (Lipinski definition) is 0. The number of nitrogens with zero attached hydrogens (tertiary/aromatic N) is 5. The fourth-order valence-corrected chi connectivity index (χ4v) is 4.04. The minimum absolute atomic E-state index is 0.404. The van der Waals surface area contributed by atoms with Gasteiger partial charge in [0.25, 0.3) is 0 Å². The number of ether oxygens (including phenoxy) is 1. The van der Waals surface area contributed by atoms with Crippen molar-refractivity contribution in [1.29, 1.82) is 0 Å². The van der Waals surface area contributed by atoms with Gasteiger partial charge in [0.1, 0.15) is 12.4 Å². The van der Waals surface area contributed by atoms with Gasteiger partial charge < -0.3 is 4.74 Å². The molecule has 1 saturated carbocycles. The van der Waals surface area contributed by atoms with E-state index in [0.717, 1.165) is 29.4 Å². The third-order valence-corrected chi connectivity index (χ3v) is 5.80. The molecule has 1 fully saturated rings. The number of aryl methyl sites for hydroxylation is 1. The van der Waals surface area contributed by atoms with Crippen LogP contribution in [0.25, 0.3) is 11.4 Å². The van der Waals surface area contributed by atoms with Crippen molar-refractivity contribution in [2.75, 3.05) is 0 Å². The Hall–Kier alpha value is -3.54. The average molecular weight is 412 g/mol. The second kappa shape index (κ2) is 8.68. The second-order valence-corrected chi connectivity index (χ2v) is 7.93. The molecule has 2 heterocycles. The number of benzene rings is 2. The van der Waals surface area contributed by atoms with E-state index < -0.39 is 0 Å². The number of hydrogen-bond acceptors (Lipinski definition) is 5. The van der Waals surface area contributed by atoms with Crippen LogP contribution in [0.5, 0.6) is 5.75 Å². The summed E-state index contributed by atoms with van der Waals surface area (Å²) in [5.41, 5.74) is 4.64. The van der Waals surface area contributed by atoms with Crippen LogP contribution in [-0.2, 0) is 13.2 Å². The molecule has 1 aliphatic rings. The molecule has 4 aromatic rings. The molecule has 1 aliphatic carbocycles. The zero-order chi connectivity index (χ0) is 21.0. The minimum atomic E-state index is 0.404. The molecule has 6 nitrogen and oxygen atoms in total. The molecule has 0 aliphatic heterocycles. The highest BCUT2D eigenvalue weighted by Gasteiger charge is 2.33. The van der Waals surface area contributed by atoms with Crippen molar-refractivity contribution in [1.82, 2.24) is 25.2 Å². The summed E-state index contributed by atoms with van der Waals surface area (Å²) in [4.78, 5) is 4.31. The topological polar surface area (TPSA) is 65.7 Å². The molecule has 156 valence electrons. The van der Waals surface area contributed by atoms with Gasteiger partial charge in [-0.1, -0.05) is 42.5 Å². The van der Waals surface area contributed by atoms with Crippen molar-refractivity contribution in [2.45, 2.75) is 38.8 Å². The molecule has 0 spiro atoms. The molecule has 0 saturated heterocycles. The number of aromatic nitrogens is 5. The normalized spacial score (nSPS) is 14.4. The summed E-state index contributed by atoms with van der Waals surface area (Å²) in [6.07, 6.45) is 4.34. The lowest BCUT2D eigenvalue weighted by Gasteiger charge is -2.18. The van der Waals surface area contributed by atoms with Crippen LogP contribution in [-0.4, -0.2) is 25.2 Å². The minimum Gasteiger partial charge on any atom is -0.487 e.